The molecule has 0 unspecified atom stereocenters. The molecule has 0 radical (unpaired) electrons. The topological polar surface area (TPSA) is 0 Å². The molecule has 19 heavy (non-hydrogen) atoms. The molecule has 0 aliphatic heterocycles. The van der Waals surface area contributed by atoms with Gasteiger partial charge in [-0.3, -0.25) is 0 Å². The summed E-state index contributed by atoms with van der Waals surface area (Å²) in [5.74, 6) is 0. The zero-order valence-corrected chi connectivity index (χ0v) is 11.6. The molecule has 0 heteroatoms. The summed E-state index contributed by atoms with van der Waals surface area (Å²) < 4.78 is 0. The maximum absolute atomic E-state index is 2.46. The van der Waals surface area contributed by atoms with Crippen molar-refractivity contribution in [1.29, 1.82) is 0 Å². The van der Waals surface area contributed by atoms with Crippen molar-refractivity contribution in [3.05, 3.63) is 53.1 Å². The Kier molecular flexibility index (Phi) is 2.35. The summed E-state index contributed by atoms with van der Waals surface area (Å²) in [5.41, 5.74) is 5.07. The molecule has 0 aromatic heterocycles. The van der Waals surface area contributed by atoms with E-state index in [2.05, 4.69) is 49.4 Å². The van der Waals surface area contributed by atoms with E-state index in [9.17, 15) is 0 Å². The van der Waals surface area contributed by atoms with Gasteiger partial charge in [0.2, 0.25) is 0 Å². The van der Waals surface area contributed by atoms with Gasteiger partial charge in [-0.1, -0.05) is 67.3 Å². The number of allylic oxidation sites excluding steroid dienone is 1. The third kappa shape index (κ3) is 1.46. The SMILES string of the molecule is CC1=Cc2c(ccc3ccccc23)C12CCCCC2. The van der Waals surface area contributed by atoms with Gasteiger partial charge in [0.1, 0.15) is 0 Å². The maximum Gasteiger partial charge on any atom is 0.0168 e. The van der Waals surface area contributed by atoms with E-state index in [1.807, 2.05) is 0 Å². The molecule has 96 valence electrons. The van der Waals surface area contributed by atoms with Crippen LogP contribution < -0.4 is 0 Å². The van der Waals surface area contributed by atoms with E-state index in [4.69, 9.17) is 0 Å². The first-order valence-corrected chi connectivity index (χ1v) is 7.52. The highest BCUT2D eigenvalue weighted by Gasteiger charge is 2.40. The average molecular weight is 248 g/mol. The van der Waals surface area contributed by atoms with Gasteiger partial charge in [0, 0.05) is 5.41 Å². The molecular formula is C19H20. The fourth-order valence-electron chi connectivity index (χ4n) is 4.25. The minimum atomic E-state index is 0.373. The first-order chi connectivity index (χ1) is 9.31. The summed E-state index contributed by atoms with van der Waals surface area (Å²) in [6, 6.07) is 13.5. The van der Waals surface area contributed by atoms with Crippen molar-refractivity contribution in [2.24, 2.45) is 0 Å². The monoisotopic (exact) mass is 248 g/mol. The lowest BCUT2D eigenvalue weighted by Crippen LogP contribution is -2.28. The quantitative estimate of drug-likeness (QED) is 0.581. The Balaban J connectivity index is 1.99. The van der Waals surface area contributed by atoms with Gasteiger partial charge in [-0.25, -0.2) is 0 Å². The smallest absolute Gasteiger partial charge is 0.0168 e. The van der Waals surface area contributed by atoms with Gasteiger partial charge in [0.05, 0.1) is 0 Å². The van der Waals surface area contributed by atoms with Crippen LogP contribution in [-0.2, 0) is 5.41 Å². The summed E-state index contributed by atoms with van der Waals surface area (Å²) in [5, 5.41) is 2.81. The van der Waals surface area contributed by atoms with Gasteiger partial charge < -0.3 is 0 Å². The normalized spacial score (nSPS) is 20.6. The van der Waals surface area contributed by atoms with Crippen LogP contribution in [0.4, 0.5) is 0 Å². The van der Waals surface area contributed by atoms with Crippen molar-refractivity contribution >= 4 is 16.8 Å². The van der Waals surface area contributed by atoms with Crippen LogP contribution in [0.25, 0.3) is 16.8 Å². The van der Waals surface area contributed by atoms with Crippen LogP contribution in [-0.4, -0.2) is 0 Å². The summed E-state index contributed by atoms with van der Waals surface area (Å²) in [7, 11) is 0. The van der Waals surface area contributed by atoms with Gasteiger partial charge in [-0.2, -0.15) is 0 Å². The standard InChI is InChI=1S/C19H20/c1-14-13-17-16-8-4-3-7-15(16)9-10-18(17)19(14)11-5-2-6-12-19/h3-4,7-10,13H,2,5-6,11-12H2,1H3. The van der Waals surface area contributed by atoms with E-state index in [1.54, 1.807) is 11.1 Å². The maximum atomic E-state index is 2.46. The van der Waals surface area contributed by atoms with E-state index >= 15 is 0 Å². The average Bonchev–Trinajstić information content (AvgIpc) is 2.73. The van der Waals surface area contributed by atoms with Crippen molar-refractivity contribution in [3.63, 3.8) is 0 Å². The molecule has 1 fully saturated rings. The zero-order valence-electron chi connectivity index (χ0n) is 11.6. The summed E-state index contributed by atoms with van der Waals surface area (Å²) >= 11 is 0. The summed E-state index contributed by atoms with van der Waals surface area (Å²) in [4.78, 5) is 0. The Bertz CT molecular complexity index is 669. The highest BCUT2D eigenvalue weighted by molar-refractivity contribution is 5.95. The molecule has 0 bridgehead atoms. The van der Waals surface area contributed by atoms with Gasteiger partial charge >= 0.3 is 0 Å². The summed E-state index contributed by atoms with van der Waals surface area (Å²) in [6.45, 7) is 2.35. The highest BCUT2D eigenvalue weighted by atomic mass is 14.4. The first kappa shape index (κ1) is 11.3. The van der Waals surface area contributed by atoms with Crippen LogP contribution in [0, 0.1) is 0 Å². The Morgan fingerprint density at radius 1 is 0.895 bits per heavy atom. The number of benzene rings is 2. The third-order valence-corrected chi connectivity index (χ3v) is 5.31. The van der Waals surface area contributed by atoms with Crippen LogP contribution in [0.5, 0.6) is 0 Å². The van der Waals surface area contributed by atoms with E-state index in [0.29, 0.717) is 5.41 Å². The fourth-order valence-corrected chi connectivity index (χ4v) is 4.25. The van der Waals surface area contributed by atoms with Crippen LogP contribution in [0.3, 0.4) is 0 Å². The number of rotatable bonds is 0. The van der Waals surface area contributed by atoms with Crippen molar-refractivity contribution < 1.29 is 0 Å². The van der Waals surface area contributed by atoms with E-state index < -0.39 is 0 Å². The number of hydrogen-bond donors (Lipinski definition) is 0. The van der Waals surface area contributed by atoms with E-state index in [-0.39, 0.29) is 0 Å². The highest BCUT2D eigenvalue weighted by Crippen LogP contribution is 2.52. The van der Waals surface area contributed by atoms with Crippen LogP contribution in [0.1, 0.15) is 50.2 Å². The van der Waals surface area contributed by atoms with Crippen molar-refractivity contribution in [3.8, 4) is 0 Å². The predicted molar refractivity (Wildman–Crippen MR) is 82.4 cm³/mol. The number of hydrogen-bond acceptors (Lipinski definition) is 0. The Labute approximate surface area is 115 Å². The molecule has 0 heterocycles. The van der Waals surface area contributed by atoms with Gasteiger partial charge in [0.15, 0.2) is 0 Å². The Hall–Kier alpha value is -1.56. The van der Waals surface area contributed by atoms with E-state index in [0.717, 1.165) is 0 Å². The predicted octanol–water partition coefficient (Wildman–Crippen LogP) is 5.46. The lowest BCUT2D eigenvalue weighted by Gasteiger charge is -2.36. The van der Waals surface area contributed by atoms with Crippen LogP contribution >= 0.6 is 0 Å². The molecule has 1 spiro atoms. The molecule has 2 aromatic rings. The third-order valence-electron chi connectivity index (χ3n) is 5.31. The molecule has 1 saturated carbocycles. The van der Waals surface area contributed by atoms with Crippen molar-refractivity contribution in [2.75, 3.05) is 0 Å². The second-order valence-corrected chi connectivity index (χ2v) is 6.22. The molecule has 0 nitrogen and oxygen atoms in total. The first-order valence-electron chi connectivity index (χ1n) is 7.52. The molecule has 0 amide bonds. The van der Waals surface area contributed by atoms with Gasteiger partial charge in [-0.15, -0.1) is 0 Å². The number of fused-ring (bicyclic) bond motifs is 4. The van der Waals surface area contributed by atoms with Crippen molar-refractivity contribution in [1.82, 2.24) is 0 Å². The van der Waals surface area contributed by atoms with E-state index in [1.165, 1.54) is 48.4 Å². The lowest BCUT2D eigenvalue weighted by molar-refractivity contribution is 0.345. The fraction of sp³-hybridized carbons (Fsp3) is 0.368. The van der Waals surface area contributed by atoms with Gasteiger partial charge in [0.25, 0.3) is 0 Å². The Morgan fingerprint density at radius 3 is 2.53 bits per heavy atom. The molecule has 2 aliphatic rings. The summed E-state index contributed by atoms with van der Waals surface area (Å²) in [6.07, 6.45) is 9.34. The second-order valence-electron chi connectivity index (χ2n) is 6.22. The van der Waals surface area contributed by atoms with Crippen molar-refractivity contribution in [2.45, 2.75) is 44.4 Å². The second kappa shape index (κ2) is 3.96. The largest absolute Gasteiger partial charge is 0.0621 e. The van der Waals surface area contributed by atoms with Crippen LogP contribution in [0.15, 0.2) is 42.0 Å². The minimum absolute atomic E-state index is 0.373. The zero-order chi connectivity index (χ0) is 12.9. The molecular weight excluding hydrogens is 228 g/mol. The molecule has 0 atom stereocenters. The minimum Gasteiger partial charge on any atom is -0.0621 e. The lowest BCUT2D eigenvalue weighted by atomic mass is 9.67. The van der Waals surface area contributed by atoms with Crippen LogP contribution in [0.2, 0.25) is 0 Å². The molecule has 0 N–H and O–H groups in total. The molecule has 0 saturated heterocycles. The van der Waals surface area contributed by atoms with Gasteiger partial charge in [-0.05, 0) is 41.7 Å². The Morgan fingerprint density at radius 2 is 1.68 bits per heavy atom. The molecule has 2 aromatic carbocycles. The molecule has 2 aliphatic carbocycles. The molecule has 4 rings (SSSR count).